The molecule has 1 saturated heterocycles. The number of rotatable bonds is 7. The number of aromatic nitrogens is 5. The van der Waals surface area contributed by atoms with Gasteiger partial charge in [0.05, 0.1) is 47.4 Å². The summed E-state index contributed by atoms with van der Waals surface area (Å²) in [4.78, 5) is 41.1. The van der Waals surface area contributed by atoms with Crippen molar-refractivity contribution < 1.29 is 14.7 Å². The third-order valence-electron chi connectivity index (χ3n) is 8.69. The second-order valence-corrected chi connectivity index (χ2v) is 11.8. The van der Waals surface area contributed by atoms with Crippen molar-refractivity contribution in [1.29, 1.82) is 0 Å². The number of nitrogen functional groups attached to an aromatic ring is 1. The Morgan fingerprint density at radius 3 is 2.79 bits per heavy atom. The Balaban J connectivity index is 1.22. The van der Waals surface area contributed by atoms with Crippen molar-refractivity contribution in [2.75, 3.05) is 36.9 Å². The van der Waals surface area contributed by atoms with Crippen LogP contribution in [0.4, 0.5) is 11.5 Å². The number of hydrogen-bond donors (Lipinski definition) is 3. The molecule has 47 heavy (non-hydrogen) atoms. The molecule has 4 aromatic rings. The maximum atomic E-state index is 14.5. The molecule has 0 spiro atoms. The van der Waals surface area contributed by atoms with Gasteiger partial charge in [0.25, 0.3) is 11.8 Å². The normalized spacial score (nSPS) is 18.8. The van der Waals surface area contributed by atoms with E-state index in [1.807, 2.05) is 54.2 Å². The SMILES string of the molecule is C[C@H](NC(=O)c1c(N)nn2cccnc12)C1=NC2CC=CC(C#Cc3cnn(C)c3C3CN(CCO)C3)=C2C(=O)N1c1ccccc1. The van der Waals surface area contributed by atoms with E-state index in [0.717, 1.165) is 24.3 Å². The Bertz CT molecular complexity index is 2020. The van der Waals surface area contributed by atoms with Crippen molar-refractivity contribution >= 4 is 34.8 Å². The number of amides is 2. The number of para-hydroxylation sites is 1. The predicted molar refractivity (Wildman–Crippen MR) is 177 cm³/mol. The Kier molecular flexibility index (Phi) is 7.88. The predicted octanol–water partition coefficient (Wildman–Crippen LogP) is 1.68. The first-order valence-electron chi connectivity index (χ1n) is 15.5. The third-order valence-corrected chi connectivity index (χ3v) is 8.69. The summed E-state index contributed by atoms with van der Waals surface area (Å²) in [5, 5.41) is 20.9. The number of fused-ring (bicyclic) bond motifs is 2. The van der Waals surface area contributed by atoms with Crippen molar-refractivity contribution in [1.82, 2.24) is 34.6 Å². The first-order chi connectivity index (χ1) is 22.8. The van der Waals surface area contributed by atoms with Crippen LogP contribution in [0.2, 0.25) is 0 Å². The molecule has 3 aromatic heterocycles. The fraction of sp³-hybridized carbons (Fsp3) is 0.294. The average Bonchev–Trinajstić information content (AvgIpc) is 3.59. The second kappa shape index (κ2) is 12.3. The minimum Gasteiger partial charge on any atom is -0.395 e. The maximum absolute atomic E-state index is 14.5. The molecule has 2 amide bonds. The van der Waals surface area contributed by atoms with Crippen LogP contribution in [0.1, 0.15) is 40.9 Å². The highest BCUT2D eigenvalue weighted by Gasteiger charge is 2.39. The first kappa shape index (κ1) is 30.1. The van der Waals surface area contributed by atoms with Crippen LogP contribution in [0.5, 0.6) is 0 Å². The molecule has 0 radical (unpaired) electrons. The van der Waals surface area contributed by atoms with Gasteiger partial charge in [-0.3, -0.25) is 29.1 Å². The molecular weight excluding hydrogens is 596 g/mol. The van der Waals surface area contributed by atoms with E-state index >= 15 is 0 Å². The maximum Gasteiger partial charge on any atom is 0.263 e. The Hall–Kier alpha value is -5.58. The summed E-state index contributed by atoms with van der Waals surface area (Å²) >= 11 is 0. The van der Waals surface area contributed by atoms with Gasteiger partial charge in [-0.05, 0) is 37.6 Å². The Morgan fingerprint density at radius 1 is 1.19 bits per heavy atom. The molecule has 1 fully saturated rings. The second-order valence-electron chi connectivity index (χ2n) is 11.8. The van der Waals surface area contributed by atoms with E-state index in [1.54, 1.807) is 36.5 Å². The summed E-state index contributed by atoms with van der Waals surface area (Å²) in [6.45, 7) is 4.24. The van der Waals surface area contributed by atoms with Crippen LogP contribution in [-0.2, 0) is 11.8 Å². The smallest absolute Gasteiger partial charge is 0.263 e. The van der Waals surface area contributed by atoms with E-state index < -0.39 is 18.0 Å². The van der Waals surface area contributed by atoms with E-state index in [4.69, 9.17) is 10.7 Å². The number of carbonyl (C=O) groups excluding carboxylic acids is 2. The molecule has 4 N–H and O–H groups in total. The number of likely N-dealkylation sites (tertiary alicyclic amines) is 1. The van der Waals surface area contributed by atoms with Crippen LogP contribution in [-0.4, -0.2) is 90.4 Å². The monoisotopic (exact) mass is 630 g/mol. The van der Waals surface area contributed by atoms with Crippen molar-refractivity contribution in [2.45, 2.75) is 31.3 Å². The number of nitrogens with one attached hydrogen (secondary N) is 1. The fourth-order valence-electron chi connectivity index (χ4n) is 6.44. The van der Waals surface area contributed by atoms with Gasteiger partial charge in [0, 0.05) is 50.6 Å². The van der Waals surface area contributed by atoms with E-state index in [0.29, 0.717) is 41.3 Å². The number of aryl methyl sites for hydroxylation is 1. The minimum absolute atomic E-state index is 0.0531. The summed E-state index contributed by atoms with van der Waals surface area (Å²) in [7, 11) is 1.91. The van der Waals surface area contributed by atoms with Crippen molar-refractivity contribution in [2.24, 2.45) is 12.0 Å². The number of allylic oxidation sites excluding steroid dienone is 2. The number of amidine groups is 1. The van der Waals surface area contributed by atoms with Gasteiger partial charge in [-0.25, -0.2) is 9.50 Å². The molecule has 2 aliphatic heterocycles. The molecule has 13 nitrogen and oxygen atoms in total. The van der Waals surface area contributed by atoms with Crippen LogP contribution in [0.15, 0.2) is 83.3 Å². The van der Waals surface area contributed by atoms with Crippen molar-refractivity contribution in [3.05, 3.63) is 95.1 Å². The Labute approximate surface area is 271 Å². The number of nitrogens with two attached hydrogens (primary N) is 1. The lowest BCUT2D eigenvalue weighted by atomic mass is 9.89. The van der Waals surface area contributed by atoms with Gasteiger partial charge in [0.1, 0.15) is 11.4 Å². The van der Waals surface area contributed by atoms with E-state index in [2.05, 4.69) is 37.2 Å². The van der Waals surface area contributed by atoms with Crippen molar-refractivity contribution in [3.63, 3.8) is 0 Å². The quantitative estimate of drug-likeness (QED) is 0.260. The van der Waals surface area contributed by atoms with E-state index in [1.165, 1.54) is 4.52 Å². The molecule has 1 unspecified atom stereocenters. The molecule has 3 aliphatic rings. The summed E-state index contributed by atoms with van der Waals surface area (Å²) in [6, 6.07) is 9.80. The highest BCUT2D eigenvalue weighted by Crippen LogP contribution is 2.33. The van der Waals surface area contributed by atoms with Crippen LogP contribution < -0.4 is 16.0 Å². The average molecular weight is 631 g/mol. The lowest BCUT2D eigenvalue weighted by molar-refractivity contribution is -0.114. The number of β-amino-alcohol motifs (C(OH)–C–C–N with tert-alkyl or cyclic N) is 1. The fourth-order valence-corrected chi connectivity index (χ4v) is 6.44. The number of anilines is 2. The topological polar surface area (TPSA) is 159 Å². The number of aliphatic imine (C=N–C) groups is 1. The summed E-state index contributed by atoms with van der Waals surface area (Å²) < 4.78 is 3.31. The molecule has 1 aliphatic carbocycles. The number of benzene rings is 1. The minimum atomic E-state index is -0.669. The molecule has 13 heteroatoms. The van der Waals surface area contributed by atoms with Gasteiger partial charge >= 0.3 is 0 Å². The highest BCUT2D eigenvalue weighted by molar-refractivity contribution is 6.27. The molecule has 0 bridgehead atoms. The van der Waals surface area contributed by atoms with E-state index in [9.17, 15) is 14.7 Å². The Morgan fingerprint density at radius 2 is 2.00 bits per heavy atom. The molecule has 0 saturated carbocycles. The summed E-state index contributed by atoms with van der Waals surface area (Å²) in [6.07, 6.45) is 9.37. The number of nitrogens with zero attached hydrogens (tertiary/aromatic N) is 8. The van der Waals surface area contributed by atoms with Crippen molar-refractivity contribution in [3.8, 4) is 11.8 Å². The zero-order valence-corrected chi connectivity index (χ0v) is 26.0. The highest BCUT2D eigenvalue weighted by atomic mass is 16.3. The van der Waals surface area contributed by atoms with E-state index in [-0.39, 0.29) is 29.8 Å². The van der Waals surface area contributed by atoms with Gasteiger partial charge in [-0.2, -0.15) is 5.10 Å². The molecule has 5 heterocycles. The van der Waals surface area contributed by atoms with Crippen LogP contribution in [0, 0.1) is 11.8 Å². The summed E-state index contributed by atoms with van der Waals surface area (Å²) in [5.74, 6) is 6.57. The molecular formula is C34H34N10O3. The lowest BCUT2D eigenvalue weighted by Crippen LogP contribution is -2.54. The number of carbonyl (C=O) groups is 2. The zero-order chi connectivity index (χ0) is 32.7. The van der Waals surface area contributed by atoms with Gasteiger partial charge in [0.2, 0.25) is 0 Å². The number of aliphatic hydroxyl groups is 1. The molecule has 1 aromatic carbocycles. The standard InChI is InChI=1S/C34H34N10O3/c1-21(38-33(46)28-30(35)40-43-15-7-14-36-32(28)43)31-39-26-11-6-8-22(27(26)34(47)44(31)25-9-4-3-5-10-25)12-13-23-18-37-41(2)29(23)24-19-42(20-24)16-17-45/h3-10,14-15,18,21,24,26,45H,11,16-17,19-20H2,1-2H3,(H2,35,40)(H,38,46)/t21-,26?/m0/s1. The first-order valence-corrected chi connectivity index (χ1v) is 15.5. The van der Waals surface area contributed by atoms with Crippen LogP contribution in [0.25, 0.3) is 5.65 Å². The van der Waals surface area contributed by atoms with Gasteiger partial charge < -0.3 is 16.2 Å². The van der Waals surface area contributed by atoms with Gasteiger partial charge in [-0.15, -0.1) is 5.10 Å². The summed E-state index contributed by atoms with van der Waals surface area (Å²) in [5.41, 5.74) is 10.2. The molecule has 238 valence electrons. The van der Waals surface area contributed by atoms with Crippen LogP contribution in [0.3, 0.4) is 0 Å². The molecule has 7 rings (SSSR count). The largest absolute Gasteiger partial charge is 0.395 e. The zero-order valence-electron chi connectivity index (χ0n) is 26.0. The van der Waals surface area contributed by atoms with Gasteiger partial charge in [0.15, 0.2) is 11.5 Å². The molecule has 2 atom stereocenters. The third kappa shape index (κ3) is 5.47. The van der Waals surface area contributed by atoms with Crippen LogP contribution >= 0.6 is 0 Å². The lowest BCUT2D eigenvalue weighted by Gasteiger charge is -2.39. The number of hydrogen-bond acceptors (Lipinski definition) is 9. The number of aliphatic hydroxyl groups excluding tert-OH is 1. The van der Waals surface area contributed by atoms with Gasteiger partial charge in [-0.1, -0.05) is 36.1 Å².